The zero-order chi connectivity index (χ0) is 25.5. The molecule has 0 fully saturated rings. The lowest BCUT2D eigenvalue weighted by Gasteiger charge is -2.28. The molecule has 1 amide bonds. The molecule has 180 valence electrons. The summed E-state index contributed by atoms with van der Waals surface area (Å²) in [5.41, 5.74) is 1.00. The molecule has 1 atom stereocenters. The Hall–Kier alpha value is -3.60. The van der Waals surface area contributed by atoms with Crippen LogP contribution in [0.3, 0.4) is 0 Å². The largest absolute Gasteiger partial charge is 0.495 e. The highest BCUT2D eigenvalue weighted by Gasteiger charge is 2.29. The van der Waals surface area contributed by atoms with Crippen LogP contribution in [0.1, 0.15) is 33.8 Å². The minimum atomic E-state index is -0.642. The highest BCUT2D eigenvalue weighted by Crippen LogP contribution is 2.34. The quantitative estimate of drug-likeness (QED) is 0.295. The second kappa shape index (κ2) is 11.7. The number of benzene rings is 3. The lowest BCUT2D eigenvalue weighted by Crippen LogP contribution is -2.39. The number of nitriles is 1. The van der Waals surface area contributed by atoms with E-state index in [1.807, 2.05) is 0 Å². The van der Waals surface area contributed by atoms with Gasteiger partial charge in [0.1, 0.15) is 24.6 Å². The molecule has 35 heavy (non-hydrogen) atoms. The third-order valence-electron chi connectivity index (χ3n) is 5.61. The van der Waals surface area contributed by atoms with Crippen molar-refractivity contribution in [3.63, 3.8) is 0 Å². The maximum Gasteiger partial charge on any atom is 0.325 e. The number of hydrogen-bond donors (Lipinski definition) is 0. The minimum Gasteiger partial charge on any atom is -0.495 e. The van der Waals surface area contributed by atoms with E-state index in [2.05, 4.69) is 6.07 Å². The number of hydrogen-bond acceptors (Lipinski definition) is 6. The lowest BCUT2D eigenvalue weighted by molar-refractivity contribution is -0.141. The number of halogens is 2. The summed E-state index contributed by atoms with van der Waals surface area (Å²) in [6, 6.07) is 15.7. The molecule has 3 rings (SSSR count). The fraction of sp³-hybridized carbons (Fsp3) is 0.231. The molecule has 0 heterocycles. The molecule has 7 nitrogen and oxygen atoms in total. The van der Waals surface area contributed by atoms with E-state index in [1.54, 1.807) is 48.5 Å². The first-order valence-electron chi connectivity index (χ1n) is 10.6. The molecule has 0 aliphatic rings. The van der Waals surface area contributed by atoms with Crippen LogP contribution in [0.15, 0.2) is 48.5 Å². The van der Waals surface area contributed by atoms with Gasteiger partial charge in [-0.2, -0.15) is 5.26 Å². The number of ether oxygens (including phenoxy) is 2. The van der Waals surface area contributed by atoms with Crippen LogP contribution in [0, 0.1) is 11.3 Å². The van der Waals surface area contributed by atoms with Crippen molar-refractivity contribution in [3.8, 4) is 11.8 Å². The van der Waals surface area contributed by atoms with Crippen LogP contribution in [0.2, 0.25) is 10.0 Å². The van der Waals surface area contributed by atoms with E-state index >= 15 is 0 Å². The molecule has 0 aromatic heterocycles. The normalized spacial score (nSPS) is 11.4. The molecule has 0 aliphatic heterocycles. The maximum atomic E-state index is 13.9. The van der Waals surface area contributed by atoms with Crippen molar-refractivity contribution in [1.82, 2.24) is 4.90 Å². The zero-order valence-corrected chi connectivity index (χ0v) is 20.6. The molecule has 0 saturated heterocycles. The third-order valence-corrected chi connectivity index (χ3v) is 6.35. The Morgan fingerprint density at radius 3 is 2.49 bits per heavy atom. The predicted octanol–water partition coefficient (Wildman–Crippen LogP) is 5.01. The maximum absolute atomic E-state index is 13.9. The molecule has 3 aromatic rings. The zero-order valence-electron chi connectivity index (χ0n) is 19.1. The summed E-state index contributed by atoms with van der Waals surface area (Å²) >= 11 is 12.2. The molecule has 3 aromatic carbocycles. The van der Waals surface area contributed by atoms with Crippen LogP contribution in [-0.2, 0) is 14.3 Å². The van der Waals surface area contributed by atoms with Gasteiger partial charge >= 0.3 is 5.97 Å². The number of methoxy groups -OCH3 is 2. The monoisotopic (exact) mass is 512 g/mol. The van der Waals surface area contributed by atoms with Crippen LogP contribution < -0.4 is 4.74 Å². The number of carbonyl (C=O) groups excluding carboxylic acids is 3. The van der Waals surface area contributed by atoms with Crippen molar-refractivity contribution in [3.05, 3.63) is 75.3 Å². The van der Waals surface area contributed by atoms with Crippen LogP contribution >= 0.6 is 23.2 Å². The summed E-state index contributed by atoms with van der Waals surface area (Å²) < 4.78 is 10.3. The number of fused-ring (bicyclic) bond motifs is 1. The van der Waals surface area contributed by atoms with Gasteiger partial charge in [0, 0.05) is 18.9 Å². The molecule has 0 aliphatic carbocycles. The summed E-state index contributed by atoms with van der Waals surface area (Å²) in [5, 5.41) is 11.5. The van der Waals surface area contributed by atoms with Crippen molar-refractivity contribution in [1.29, 1.82) is 5.26 Å². The van der Waals surface area contributed by atoms with E-state index in [9.17, 15) is 19.6 Å². The van der Waals surface area contributed by atoms with Crippen molar-refractivity contribution >= 4 is 52.1 Å². The Labute approximate surface area is 212 Å². The second-order valence-corrected chi connectivity index (χ2v) is 8.51. The molecule has 0 spiro atoms. The van der Waals surface area contributed by atoms with E-state index in [4.69, 9.17) is 32.7 Å². The molecule has 0 unspecified atom stereocenters. The highest BCUT2D eigenvalue weighted by atomic mass is 35.5. The van der Waals surface area contributed by atoms with Crippen LogP contribution in [0.25, 0.3) is 10.8 Å². The van der Waals surface area contributed by atoms with Crippen molar-refractivity contribution in [2.24, 2.45) is 0 Å². The smallest absolute Gasteiger partial charge is 0.325 e. The van der Waals surface area contributed by atoms with Gasteiger partial charge in [0.15, 0.2) is 0 Å². The topological polar surface area (TPSA) is 96.7 Å². The molecular weight excluding hydrogens is 491 g/mol. The molecule has 9 heteroatoms. The van der Waals surface area contributed by atoms with Gasteiger partial charge in [-0.25, -0.2) is 0 Å². The Morgan fingerprint density at radius 2 is 1.86 bits per heavy atom. The fourth-order valence-electron chi connectivity index (χ4n) is 3.90. The molecular formula is C26H22Cl2N2O5. The van der Waals surface area contributed by atoms with Gasteiger partial charge in [-0.05, 0) is 34.5 Å². The van der Waals surface area contributed by atoms with Crippen LogP contribution in [0.4, 0.5) is 0 Å². The molecule has 0 bridgehead atoms. The first kappa shape index (κ1) is 26.0. The summed E-state index contributed by atoms with van der Waals surface area (Å²) in [4.78, 5) is 39.0. The Balaban J connectivity index is 2.14. The first-order valence-corrected chi connectivity index (χ1v) is 11.3. The van der Waals surface area contributed by atoms with E-state index < -0.39 is 17.8 Å². The Morgan fingerprint density at radius 1 is 1.11 bits per heavy atom. The summed E-state index contributed by atoms with van der Waals surface area (Å²) in [6.45, 7) is -0.376. The van der Waals surface area contributed by atoms with E-state index in [0.29, 0.717) is 26.4 Å². The van der Waals surface area contributed by atoms with E-state index in [-0.39, 0.29) is 36.4 Å². The van der Waals surface area contributed by atoms with Gasteiger partial charge in [0.2, 0.25) is 0 Å². The lowest BCUT2D eigenvalue weighted by atomic mass is 9.94. The first-order chi connectivity index (χ1) is 16.8. The van der Waals surface area contributed by atoms with Gasteiger partial charge in [0.05, 0.1) is 35.4 Å². The van der Waals surface area contributed by atoms with Gasteiger partial charge < -0.3 is 19.2 Å². The molecule has 0 radical (unpaired) electrons. The van der Waals surface area contributed by atoms with E-state index in [0.717, 1.165) is 6.29 Å². The van der Waals surface area contributed by atoms with Crippen molar-refractivity contribution in [2.75, 3.05) is 27.3 Å². The highest BCUT2D eigenvalue weighted by molar-refractivity contribution is 6.42. The molecule has 0 saturated carbocycles. The van der Waals surface area contributed by atoms with E-state index in [1.165, 1.54) is 19.1 Å². The number of nitrogens with zero attached hydrogens (tertiary/aromatic N) is 2. The molecule has 0 N–H and O–H groups in total. The van der Waals surface area contributed by atoms with Crippen LogP contribution in [0.5, 0.6) is 5.75 Å². The number of esters is 1. The number of rotatable bonds is 9. The SMILES string of the molecule is COC(=O)CN(C[C@@H](CC=O)c1ccc(Cl)c(Cl)c1)C(=O)c1c(OC)c(C#N)cc2ccccc12. The fourth-order valence-corrected chi connectivity index (χ4v) is 4.20. The minimum absolute atomic E-state index is 0.00109. The summed E-state index contributed by atoms with van der Waals surface area (Å²) in [7, 11) is 2.59. The number of amides is 1. The average molecular weight is 513 g/mol. The standard InChI is InChI=1S/C26H22Cl2N2O5/c1-34-23(32)15-30(14-18(9-10-31)16-7-8-21(27)22(28)12-16)26(33)24-20-6-4-3-5-17(20)11-19(13-29)25(24)35-2/h3-8,10-12,18H,9,14-15H2,1-2H3/t18-/m1/s1. The predicted molar refractivity (Wildman–Crippen MR) is 133 cm³/mol. The van der Waals surface area contributed by atoms with Gasteiger partial charge in [-0.1, -0.05) is 53.5 Å². The van der Waals surface area contributed by atoms with Crippen molar-refractivity contribution < 1.29 is 23.9 Å². The third kappa shape index (κ3) is 5.73. The number of aldehydes is 1. The average Bonchev–Trinajstić information content (AvgIpc) is 2.87. The van der Waals surface area contributed by atoms with Gasteiger partial charge in [-0.3, -0.25) is 9.59 Å². The van der Waals surface area contributed by atoms with Crippen LogP contribution in [-0.4, -0.2) is 50.4 Å². The summed E-state index contributed by atoms with van der Waals surface area (Å²) in [6.07, 6.45) is 0.805. The second-order valence-electron chi connectivity index (χ2n) is 7.70. The Bertz CT molecular complexity index is 1320. The summed E-state index contributed by atoms with van der Waals surface area (Å²) in [5.74, 6) is -1.56. The Kier molecular flexibility index (Phi) is 8.69. The van der Waals surface area contributed by atoms with Crippen molar-refractivity contribution in [2.45, 2.75) is 12.3 Å². The van der Waals surface area contributed by atoms with Gasteiger partial charge in [-0.15, -0.1) is 0 Å². The van der Waals surface area contributed by atoms with Gasteiger partial charge in [0.25, 0.3) is 5.91 Å². The number of carbonyl (C=O) groups is 3.